The van der Waals surface area contributed by atoms with Gasteiger partial charge in [0, 0.05) is 19.6 Å². The van der Waals surface area contributed by atoms with Gasteiger partial charge in [0.25, 0.3) is 0 Å². The molecule has 1 fully saturated rings. The van der Waals surface area contributed by atoms with E-state index in [4.69, 9.17) is 0 Å². The fraction of sp³-hybridized carbons (Fsp3) is 0.900. The zero-order chi connectivity index (χ0) is 9.84. The molecule has 76 valence electrons. The van der Waals surface area contributed by atoms with Crippen LogP contribution in [0.15, 0.2) is 0 Å². The van der Waals surface area contributed by atoms with Crippen molar-refractivity contribution in [3.63, 3.8) is 0 Å². The highest BCUT2D eigenvalue weighted by atomic mass is 16.2. The predicted octanol–water partition coefficient (Wildman–Crippen LogP) is 0.853. The Morgan fingerprint density at radius 3 is 2.85 bits per heavy atom. The molecule has 0 aromatic rings. The largest absolute Gasteiger partial charge is 0.341 e. The SMILES string of the molecule is CCCN1CC(C)CNC(C)C1=O. The van der Waals surface area contributed by atoms with E-state index >= 15 is 0 Å². The minimum absolute atomic E-state index is 0.00324. The van der Waals surface area contributed by atoms with Crippen molar-refractivity contribution in [1.29, 1.82) is 0 Å². The Morgan fingerprint density at radius 2 is 2.23 bits per heavy atom. The van der Waals surface area contributed by atoms with Crippen LogP contribution in [0.25, 0.3) is 0 Å². The molecule has 1 N–H and O–H groups in total. The van der Waals surface area contributed by atoms with Crippen LogP contribution in [0.4, 0.5) is 0 Å². The Labute approximate surface area is 80.5 Å². The van der Waals surface area contributed by atoms with Gasteiger partial charge in [0.1, 0.15) is 0 Å². The second-order valence-electron chi connectivity index (χ2n) is 4.02. The second kappa shape index (κ2) is 4.61. The lowest BCUT2D eigenvalue weighted by Crippen LogP contribution is -2.41. The third-order valence-corrected chi connectivity index (χ3v) is 2.48. The molecule has 0 spiro atoms. The number of carbonyl (C=O) groups excluding carboxylic acids is 1. The summed E-state index contributed by atoms with van der Waals surface area (Å²) >= 11 is 0. The molecular weight excluding hydrogens is 164 g/mol. The summed E-state index contributed by atoms with van der Waals surface area (Å²) < 4.78 is 0. The topological polar surface area (TPSA) is 32.3 Å². The highest BCUT2D eigenvalue weighted by Crippen LogP contribution is 2.07. The van der Waals surface area contributed by atoms with Crippen molar-refractivity contribution in [2.24, 2.45) is 5.92 Å². The van der Waals surface area contributed by atoms with Crippen molar-refractivity contribution in [3.8, 4) is 0 Å². The van der Waals surface area contributed by atoms with Gasteiger partial charge in [-0.3, -0.25) is 4.79 Å². The Bertz CT molecular complexity index is 182. The minimum Gasteiger partial charge on any atom is -0.341 e. The van der Waals surface area contributed by atoms with E-state index in [2.05, 4.69) is 19.2 Å². The van der Waals surface area contributed by atoms with Crippen molar-refractivity contribution in [1.82, 2.24) is 10.2 Å². The van der Waals surface area contributed by atoms with Gasteiger partial charge in [-0.25, -0.2) is 0 Å². The lowest BCUT2D eigenvalue weighted by atomic mass is 10.2. The molecule has 13 heavy (non-hydrogen) atoms. The summed E-state index contributed by atoms with van der Waals surface area (Å²) in [6.45, 7) is 9.00. The van der Waals surface area contributed by atoms with Gasteiger partial charge in [0.05, 0.1) is 6.04 Å². The number of amides is 1. The first-order valence-electron chi connectivity index (χ1n) is 5.17. The zero-order valence-corrected chi connectivity index (χ0v) is 8.84. The first-order valence-corrected chi connectivity index (χ1v) is 5.17. The molecule has 0 aliphatic carbocycles. The highest BCUT2D eigenvalue weighted by molar-refractivity contribution is 5.81. The van der Waals surface area contributed by atoms with Crippen LogP contribution in [0.3, 0.4) is 0 Å². The molecule has 0 aromatic carbocycles. The van der Waals surface area contributed by atoms with Gasteiger partial charge >= 0.3 is 0 Å². The maximum Gasteiger partial charge on any atom is 0.239 e. The van der Waals surface area contributed by atoms with Crippen LogP contribution >= 0.6 is 0 Å². The quantitative estimate of drug-likeness (QED) is 0.690. The van der Waals surface area contributed by atoms with Crippen LogP contribution in [0, 0.1) is 5.92 Å². The van der Waals surface area contributed by atoms with E-state index in [0.717, 1.165) is 26.1 Å². The number of rotatable bonds is 2. The van der Waals surface area contributed by atoms with Crippen molar-refractivity contribution < 1.29 is 4.79 Å². The molecule has 0 saturated carbocycles. The number of hydrogen-bond acceptors (Lipinski definition) is 2. The van der Waals surface area contributed by atoms with Crippen LogP contribution in [0.5, 0.6) is 0 Å². The van der Waals surface area contributed by atoms with Gasteiger partial charge in [-0.2, -0.15) is 0 Å². The lowest BCUT2D eigenvalue weighted by Gasteiger charge is -2.23. The molecule has 3 heteroatoms. The molecule has 1 saturated heterocycles. The lowest BCUT2D eigenvalue weighted by molar-refractivity contribution is -0.132. The average Bonchev–Trinajstić information content (AvgIpc) is 2.21. The van der Waals surface area contributed by atoms with Gasteiger partial charge in [-0.05, 0) is 19.3 Å². The third kappa shape index (κ3) is 2.69. The maximum atomic E-state index is 11.7. The van der Waals surface area contributed by atoms with Gasteiger partial charge in [0.15, 0.2) is 0 Å². The Hall–Kier alpha value is -0.570. The van der Waals surface area contributed by atoms with Gasteiger partial charge in [-0.1, -0.05) is 13.8 Å². The monoisotopic (exact) mass is 184 g/mol. The standard InChI is InChI=1S/C10H20N2O/c1-4-5-12-7-8(2)6-11-9(3)10(12)13/h8-9,11H,4-7H2,1-3H3. The molecule has 2 atom stereocenters. The second-order valence-corrected chi connectivity index (χ2v) is 4.02. The first kappa shape index (κ1) is 10.5. The van der Waals surface area contributed by atoms with E-state index in [0.29, 0.717) is 5.92 Å². The number of hydrogen-bond donors (Lipinski definition) is 1. The van der Waals surface area contributed by atoms with Crippen molar-refractivity contribution in [3.05, 3.63) is 0 Å². The summed E-state index contributed by atoms with van der Waals surface area (Å²) in [4.78, 5) is 13.7. The number of nitrogens with zero attached hydrogens (tertiary/aromatic N) is 1. The first-order chi connectivity index (χ1) is 6.15. The normalized spacial score (nSPS) is 30.4. The minimum atomic E-state index is -0.00324. The summed E-state index contributed by atoms with van der Waals surface area (Å²) in [7, 11) is 0. The van der Waals surface area contributed by atoms with Crippen LogP contribution in [-0.4, -0.2) is 36.5 Å². The average molecular weight is 184 g/mol. The van der Waals surface area contributed by atoms with Crippen LogP contribution < -0.4 is 5.32 Å². The third-order valence-electron chi connectivity index (χ3n) is 2.48. The van der Waals surface area contributed by atoms with E-state index in [1.807, 2.05) is 11.8 Å². The Kier molecular flexibility index (Phi) is 3.72. The van der Waals surface area contributed by atoms with E-state index in [1.165, 1.54) is 0 Å². The summed E-state index contributed by atoms with van der Waals surface area (Å²) in [5.41, 5.74) is 0. The number of carbonyl (C=O) groups is 1. The van der Waals surface area contributed by atoms with E-state index in [9.17, 15) is 4.79 Å². The number of nitrogens with one attached hydrogen (secondary N) is 1. The summed E-state index contributed by atoms with van der Waals surface area (Å²) in [6.07, 6.45) is 1.05. The van der Waals surface area contributed by atoms with Crippen LogP contribution in [0.1, 0.15) is 27.2 Å². The molecule has 1 aliphatic heterocycles. The van der Waals surface area contributed by atoms with Crippen LogP contribution in [-0.2, 0) is 4.79 Å². The predicted molar refractivity (Wildman–Crippen MR) is 53.5 cm³/mol. The molecule has 2 unspecified atom stereocenters. The zero-order valence-electron chi connectivity index (χ0n) is 8.84. The maximum absolute atomic E-state index is 11.7. The highest BCUT2D eigenvalue weighted by Gasteiger charge is 2.24. The van der Waals surface area contributed by atoms with E-state index in [1.54, 1.807) is 0 Å². The van der Waals surface area contributed by atoms with Crippen molar-refractivity contribution >= 4 is 5.91 Å². The fourth-order valence-electron chi connectivity index (χ4n) is 1.74. The van der Waals surface area contributed by atoms with Crippen LogP contribution in [0.2, 0.25) is 0 Å². The van der Waals surface area contributed by atoms with E-state index in [-0.39, 0.29) is 11.9 Å². The Morgan fingerprint density at radius 1 is 1.54 bits per heavy atom. The van der Waals surface area contributed by atoms with Gasteiger partial charge in [0.2, 0.25) is 5.91 Å². The van der Waals surface area contributed by atoms with Gasteiger partial charge in [-0.15, -0.1) is 0 Å². The molecular formula is C10H20N2O. The molecule has 0 bridgehead atoms. The van der Waals surface area contributed by atoms with Crippen molar-refractivity contribution in [2.75, 3.05) is 19.6 Å². The molecule has 1 amide bonds. The smallest absolute Gasteiger partial charge is 0.239 e. The summed E-state index contributed by atoms with van der Waals surface area (Å²) in [5.74, 6) is 0.826. The molecule has 0 aromatic heterocycles. The Balaban J connectivity index is 2.61. The molecule has 3 nitrogen and oxygen atoms in total. The summed E-state index contributed by atoms with van der Waals surface area (Å²) in [5, 5.41) is 3.24. The van der Waals surface area contributed by atoms with Gasteiger partial charge < -0.3 is 10.2 Å². The molecule has 1 heterocycles. The molecule has 1 rings (SSSR count). The fourth-order valence-corrected chi connectivity index (χ4v) is 1.74. The summed E-state index contributed by atoms with van der Waals surface area (Å²) in [6, 6.07) is -0.00324. The molecule has 0 radical (unpaired) electrons. The van der Waals surface area contributed by atoms with Crippen molar-refractivity contribution in [2.45, 2.75) is 33.2 Å². The molecule has 1 aliphatic rings. The van der Waals surface area contributed by atoms with E-state index < -0.39 is 0 Å².